The Morgan fingerprint density at radius 2 is 2.14 bits per heavy atom. The highest BCUT2D eigenvalue weighted by Crippen LogP contribution is 2.24. The van der Waals surface area contributed by atoms with Crippen molar-refractivity contribution in [1.29, 1.82) is 0 Å². The van der Waals surface area contributed by atoms with E-state index in [4.69, 9.17) is 21.4 Å². The van der Waals surface area contributed by atoms with Crippen LogP contribution in [0.1, 0.15) is 17.5 Å². The molecule has 150 valence electrons. The lowest BCUT2D eigenvalue weighted by molar-refractivity contribution is -0.138. The molecule has 0 spiro atoms. The summed E-state index contributed by atoms with van der Waals surface area (Å²) in [6.07, 6.45) is 1.08. The van der Waals surface area contributed by atoms with Crippen LogP contribution in [0.3, 0.4) is 0 Å². The molecule has 1 heterocycles. The normalized spacial score (nSPS) is 17.7. The highest BCUT2D eigenvalue weighted by Gasteiger charge is 2.32. The lowest BCUT2D eigenvalue weighted by atomic mass is 10.2. The fourth-order valence-corrected chi connectivity index (χ4v) is 3.51. The fourth-order valence-electron chi connectivity index (χ4n) is 2.41. The van der Waals surface area contributed by atoms with Crippen LogP contribution in [-0.2, 0) is 16.2 Å². The summed E-state index contributed by atoms with van der Waals surface area (Å²) in [5, 5.41) is 19.0. The Labute approximate surface area is 174 Å². The summed E-state index contributed by atoms with van der Waals surface area (Å²) >= 11 is 7.02. The Hall–Kier alpha value is -2.91. The summed E-state index contributed by atoms with van der Waals surface area (Å²) in [7, 11) is 0. The molecular formula is C19H15ClFN3O4S. The van der Waals surface area contributed by atoms with Gasteiger partial charge in [0, 0.05) is 16.1 Å². The second-order valence-electron chi connectivity index (χ2n) is 5.91. The van der Waals surface area contributed by atoms with Gasteiger partial charge >= 0.3 is 5.97 Å². The molecule has 29 heavy (non-hydrogen) atoms. The Kier molecular flexibility index (Phi) is 6.84. The van der Waals surface area contributed by atoms with Crippen LogP contribution in [0.2, 0.25) is 5.02 Å². The van der Waals surface area contributed by atoms with Crippen molar-refractivity contribution in [1.82, 2.24) is 5.32 Å². The molecule has 0 saturated carbocycles. The van der Waals surface area contributed by atoms with E-state index in [1.54, 1.807) is 36.4 Å². The van der Waals surface area contributed by atoms with E-state index in [9.17, 15) is 14.0 Å². The minimum Gasteiger partial charge on any atom is -0.488 e. The molecule has 1 atom stereocenters. The summed E-state index contributed by atoms with van der Waals surface area (Å²) in [5.41, 5.74) is 0.912. The van der Waals surface area contributed by atoms with Crippen molar-refractivity contribution in [2.75, 3.05) is 0 Å². The Balaban J connectivity index is 1.70. The van der Waals surface area contributed by atoms with Crippen LogP contribution in [0.25, 0.3) is 0 Å². The average molecular weight is 436 g/mol. The van der Waals surface area contributed by atoms with Crippen molar-refractivity contribution in [3.63, 3.8) is 0 Å². The Morgan fingerprint density at radius 1 is 1.34 bits per heavy atom. The number of halogens is 2. The van der Waals surface area contributed by atoms with Crippen LogP contribution in [0.15, 0.2) is 52.7 Å². The van der Waals surface area contributed by atoms with Gasteiger partial charge in [0.2, 0.25) is 5.91 Å². The van der Waals surface area contributed by atoms with Gasteiger partial charge in [0.05, 0.1) is 12.6 Å². The van der Waals surface area contributed by atoms with E-state index in [0.29, 0.717) is 21.9 Å². The van der Waals surface area contributed by atoms with Crippen LogP contribution in [0.5, 0.6) is 5.75 Å². The number of hydrogen-bond acceptors (Lipinski definition) is 6. The molecule has 1 saturated heterocycles. The second kappa shape index (κ2) is 9.53. The maximum Gasteiger partial charge on any atom is 0.305 e. The Bertz CT molecular complexity index is 999. The summed E-state index contributed by atoms with van der Waals surface area (Å²) < 4.78 is 19.4. The number of carbonyl (C=O) groups is 2. The van der Waals surface area contributed by atoms with Gasteiger partial charge in [-0.3, -0.25) is 9.59 Å². The van der Waals surface area contributed by atoms with Crippen LogP contribution in [-0.4, -0.2) is 33.6 Å². The molecule has 2 aromatic carbocycles. The van der Waals surface area contributed by atoms with Crippen LogP contribution in [0, 0.1) is 5.82 Å². The number of carboxylic acids is 1. The Morgan fingerprint density at radius 3 is 2.90 bits per heavy atom. The summed E-state index contributed by atoms with van der Waals surface area (Å²) in [5.74, 6) is -1.44. The van der Waals surface area contributed by atoms with E-state index in [1.165, 1.54) is 12.3 Å². The lowest BCUT2D eigenvalue weighted by Crippen LogP contribution is -2.26. The third kappa shape index (κ3) is 5.78. The number of amidine groups is 1. The lowest BCUT2D eigenvalue weighted by Gasteiger charge is -2.10. The van der Waals surface area contributed by atoms with Gasteiger partial charge in [-0.15, -0.1) is 5.10 Å². The van der Waals surface area contributed by atoms with E-state index in [-0.39, 0.29) is 24.0 Å². The zero-order chi connectivity index (χ0) is 20.8. The topological polar surface area (TPSA) is 100 Å². The summed E-state index contributed by atoms with van der Waals surface area (Å²) in [6.45, 7) is 0.0203. The van der Waals surface area contributed by atoms with Crippen molar-refractivity contribution in [2.24, 2.45) is 10.2 Å². The number of hydrogen-bond donors (Lipinski definition) is 2. The predicted octanol–water partition coefficient (Wildman–Crippen LogP) is 3.45. The first-order valence-corrected chi connectivity index (χ1v) is 9.64. The van der Waals surface area contributed by atoms with Crippen molar-refractivity contribution in [3.05, 3.63) is 64.4 Å². The van der Waals surface area contributed by atoms with Crippen LogP contribution >= 0.6 is 23.4 Å². The molecular weight excluding hydrogens is 421 g/mol. The second-order valence-corrected chi connectivity index (χ2v) is 7.53. The predicted molar refractivity (Wildman–Crippen MR) is 109 cm³/mol. The number of benzene rings is 2. The molecule has 0 radical (unpaired) electrons. The highest BCUT2D eigenvalue weighted by atomic mass is 35.5. The minimum absolute atomic E-state index is 0.0203. The van der Waals surface area contributed by atoms with Gasteiger partial charge in [-0.1, -0.05) is 41.6 Å². The largest absolute Gasteiger partial charge is 0.488 e. The number of carboxylic acid groups (broad SMARTS) is 1. The first-order valence-electron chi connectivity index (χ1n) is 8.38. The van der Waals surface area contributed by atoms with Gasteiger partial charge in [0.1, 0.15) is 23.4 Å². The number of thioether (sulfide) groups is 1. The number of aliphatic carboxylic acids is 1. The smallest absolute Gasteiger partial charge is 0.305 e. The van der Waals surface area contributed by atoms with Gasteiger partial charge < -0.3 is 15.2 Å². The van der Waals surface area contributed by atoms with Gasteiger partial charge in [-0.2, -0.15) is 5.10 Å². The van der Waals surface area contributed by atoms with Crippen LogP contribution < -0.4 is 10.1 Å². The molecule has 2 aromatic rings. The maximum atomic E-state index is 13.8. The average Bonchev–Trinajstić information content (AvgIpc) is 3.01. The molecule has 0 aromatic heterocycles. The third-order valence-electron chi connectivity index (χ3n) is 3.79. The van der Waals surface area contributed by atoms with Crippen LogP contribution in [0.4, 0.5) is 4.39 Å². The molecule has 0 aliphatic carbocycles. The van der Waals surface area contributed by atoms with Crippen molar-refractivity contribution in [3.8, 4) is 5.75 Å². The maximum absolute atomic E-state index is 13.8. The molecule has 3 rings (SSSR count). The number of rotatable bonds is 7. The van der Waals surface area contributed by atoms with Crippen molar-refractivity contribution >= 4 is 46.6 Å². The zero-order valence-corrected chi connectivity index (χ0v) is 16.4. The number of nitrogens with one attached hydrogen (secondary N) is 1. The standard InChI is InChI=1S/C19H15ClFN3O4S/c20-13-5-6-15(28-10-11-3-1-2-4-14(11)21)12(7-13)9-22-24-19-23-18(27)16(29-19)8-17(25)26/h1-7,9,16H,8,10H2,(H,25,26)(H,23,24,27). The summed E-state index contributed by atoms with van der Waals surface area (Å²) in [6, 6.07) is 11.2. The number of carbonyl (C=O) groups excluding carboxylic acids is 1. The first-order chi connectivity index (χ1) is 13.9. The van der Waals surface area contributed by atoms with E-state index in [2.05, 4.69) is 15.5 Å². The molecule has 7 nitrogen and oxygen atoms in total. The first kappa shape index (κ1) is 20.8. The molecule has 1 amide bonds. The molecule has 1 unspecified atom stereocenters. The molecule has 0 bridgehead atoms. The third-order valence-corrected chi connectivity index (χ3v) is 5.10. The van der Waals surface area contributed by atoms with E-state index < -0.39 is 17.1 Å². The molecule has 2 N–H and O–H groups in total. The highest BCUT2D eigenvalue weighted by molar-refractivity contribution is 8.15. The molecule has 1 aliphatic rings. The number of nitrogens with zero attached hydrogens (tertiary/aromatic N) is 2. The summed E-state index contributed by atoms with van der Waals surface area (Å²) in [4.78, 5) is 22.5. The molecule has 1 fully saturated rings. The molecule has 10 heteroatoms. The monoisotopic (exact) mass is 435 g/mol. The van der Waals surface area contributed by atoms with Gasteiger partial charge in [-0.05, 0) is 24.3 Å². The van der Waals surface area contributed by atoms with Gasteiger partial charge in [0.25, 0.3) is 0 Å². The number of amides is 1. The van der Waals surface area contributed by atoms with E-state index in [0.717, 1.165) is 11.8 Å². The zero-order valence-electron chi connectivity index (χ0n) is 14.8. The quantitative estimate of drug-likeness (QED) is 0.512. The van der Waals surface area contributed by atoms with E-state index >= 15 is 0 Å². The van der Waals surface area contributed by atoms with E-state index in [1.807, 2.05) is 0 Å². The minimum atomic E-state index is -1.07. The fraction of sp³-hybridized carbons (Fsp3) is 0.158. The molecule has 1 aliphatic heterocycles. The van der Waals surface area contributed by atoms with Gasteiger partial charge in [-0.25, -0.2) is 4.39 Å². The van der Waals surface area contributed by atoms with Gasteiger partial charge in [0.15, 0.2) is 5.17 Å². The number of ether oxygens (including phenoxy) is 1. The SMILES string of the molecule is O=C(O)CC1SC(=NN=Cc2cc(Cl)ccc2OCc2ccccc2F)NC1=O. The van der Waals surface area contributed by atoms with Crippen molar-refractivity contribution < 1.29 is 23.8 Å². The van der Waals surface area contributed by atoms with Crippen molar-refractivity contribution in [2.45, 2.75) is 18.3 Å².